The van der Waals surface area contributed by atoms with Crippen LogP contribution in [0.3, 0.4) is 0 Å². The van der Waals surface area contributed by atoms with Crippen LogP contribution in [0, 0.1) is 19.7 Å². The Morgan fingerprint density at radius 3 is 2.83 bits per heavy atom. The lowest BCUT2D eigenvalue weighted by atomic mass is 10.1. The highest BCUT2D eigenvalue weighted by Crippen LogP contribution is 2.19. The Kier molecular flexibility index (Phi) is 5.35. The summed E-state index contributed by atoms with van der Waals surface area (Å²) in [6, 6.07) is 11.8. The van der Waals surface area contributed by atoms with E-state index in [0.29, 0.717) is 36.5 Å². The first-order valence-electron chi connectivity index (χ1n) is 9.87. The lowest BCUT2D eigenvalue weighted by Gasteiger charge is -2.28. The molecule has 30 heavy (non-hydrogen) atoms. The number of fused-ring (bicyclic) bond motifs is 1. The zero-order valence-electron chi connectivity index (χ0n) is 17.0. The summed E-state index contributed by atoms with van der Waals surface area (Å²) in [5.74, 6) is 0.177. The van der Waals surface area contributed by atoms with E-state index in [1.165, 1.54) is 12.1 Å². The molecule has 2 amide bonds. The molecule has 0 bridgehead atoms. The summed E-state index contributed by atoms with van der Waals surface area (Å²) < 4.78 is 13.4. The van der Waals surface area contributed by atoms with Crippen LogP contribution in [0.2, 0.25) is 0 Å². The minimum Gasteiger partial charge on any atom is -0.320 e. The number of hydrogen-bond acceptors (Lipinski definition) is 3. The molecule has 2 aromatic carbocycles. The standard InChI is InChI=1S/C23H23FN4O2/c1-14-6-7-19(15(2)10-14)26-23(30)28-9-8-20-18(13-28)22(29)27-21(25-20)12-16-4-3-5-17(24)11-16/h3-7,10-11H,8-9,12-13H2,1-2H3,(H,26,30)(H,25,27,29). The highest BCUT2D eigenvalue weighted by molar-refractivity contribution is 5.90. The van der Waals surface area contributed by atoms with Gasteiger partial charge in [0.1, 0.15) is 11.6 Å². The first-order valence-corrected chi connectivity index (χ1v) is 9.87. The van der Waals surface area contributed by atoms with E-state index in [1.807, 2.05) is 32.0 Å². The first kappa shape index (κ1) is 19.8. The summed E-state index contributed by atoms with van der Waals surface area (Å²) in [6.07, 6.45) is 0.840. The van der Waals surface area contributed by atoms with Crippen molar-refractivity contribution in [2.24, 2.45) is 0 Å². The summed E-state index contributed by atoms with van der Waals surface area (Å²) in [6.45, 7) is 4.62. The van der Waals surface area contributed by atoms with Gasteiger partial charge in [0.15, 0.2) is 0 Å². The number of aryl methyl sites for hydroxylation is 2. The highest BCUT2D eigenvalue weighted by atomic mass is 19.1. The lowest BCUT2D eigenvalue weighted by Crippen LogP contribution is -2.42. The third-order valence-corrected chi connectivity index (χ3v) is 5.29. The number of aromatic amines is 1. The fraction of sp³-hybridized carbons (Fsp3) is 0.261. The number of amides is 2. The third-order valence-electron chi connectivity index (χ3n) is 5.29. The Morgan fingerprint density at radius 1 is 1.23 bits per heavy atom. The van der Waals surface area contributed by atoms with Gasteiger partial charge in [-0.15, -0.1) is 0 Å². The number of rotatable bonds is 3. The predicted molar refractivity (Wildman–Crippen MR) is 113 cm³/mol. The molecule has 0 fully saturated rings. The summed E-state index contributed by atoms with van der Waals surface area (Å²) in [5, 5.41) is 2.93. The summed E-state index contributed by atoms with van der Waals surface area (Å²) >= 11 is 0. The summed E-state index contributed by atoms with van der Waals surface area (Å²) in [7, 11) is 0. The second-order valence-corrected chi connectivity index (χ2v) is 7.66. The molecule has 154 valence electrons. The quantitative estimate of drug-likeness (QED) is 0.696. The van der Waals surface area contributed by atoms with E-state index in [9.17, 15) is 14.0 Å². The number of anilines is 1. The number of benzene rings is 2. The van der Waals surface area contributed by atoms with E-state index >= 15 is 0 Å². The monoisotopic (exact) mass is 406 g/mol. The van der Waals surface area contributed by atoms with Gasteiger partial charge in [-0.2, -0.15) is 0 Å². The number of nitrogens with zero attached hydrogens (tertiary/aromatic N) is 2. The van der Waals surface area contributed by atoms with Gasteiger partial charge in [0.05, 0.1) is 17.8 Å². The maximum atomic E-state index is 13.4. The maximum Gasteiger partial charge on any atom is 0.322 e. The molecule has 2 N–H and O–H groups in total. The molecular formula is C23H23FN4O2. The number of carbonyl (C=O) groups is 1. The lowest BCUT2D eigenvalue weighted by molar-refractivity contribution is 0.205. The average molecular weight is 406 g/mol. The molecule has 3 aromatic rings. The molecule has 0 saturated carbocycles. The Bertz CT molecular complexity index is 1170. The van der Waals surface area contributed by atoms with Crippen LogP contribution in [-0.4, -0.2) is 27.4 Å². The van der Waals surface area contributed by atoms with Gasteiger partial charge >= 0.3 is 6.03 Å². The van der Waals surface area contributed by atoms with Gasteiger partial charge in [-0.1, -0.05) is 29.8 Å². The van der Waals surface area contributed by atoms with E-state index in [2.05, 4.69) is 15.3 Å². The maximum absolute atomic E-state index is 13.4. The van der Waals surface area contributed by atoms with E-state index in [1.54, 1.807) is 17.0 Å². The van der Waals surface area contributed by atoms with Gasteiger partial charge in [-0.3, -0.25) is 4.79 Å². The number of aromatic nitrogens is 2. The molecule has 0 unspecified atom stereocenters. The van der Waals surface area contributed by atoms with Crippen molar-refractivity contribution in [2.45, 2.75) is 33.2 Å². The number of halogens is 1. The normalized spacial score (nSPS) is 13.1. The van der Waals surface area contributed by atoms with Crippen molar-refractivity contribution in [1.82, 2.24) is 14.9 Å². The molecule has 0 spiro atoms. The molecule has 0 aliphatic carbocycles. The van der Waals surface area contributed by atoms with Crippen LogP contribution in [0.25, 0.3) is 0 Å². The molecule has 0 radical (unpaired) electrons. The smallest absolute Gasteiger partial charge is 0.320 e. The Morgan fingerprint density at radius 2 is 2.07 bits per heavy atom. The van der Waals surface area contributed by atoms with E-state index in [-0.39, 0.29) is 24.0 Å². The van der Waals surface area contributed by atoms with Crippen molar-refractivity contribution in [3.63, 3.8) is 0 Å². The van der Waals surface area contributed by atoms with E-state index < -0.39 is 0 Å². The highest BCUT2D eigenvalue weighted by Gasteiger charge is 2.25. The van der Waals surface area contributed by atoms with Gasteiger partial charge in [0, 0.05) is 25.1 Å². The van der Waals surface area contributed by atoms with Crippen molar-refractivity contribution < 1.29 is 9.18 Å². The van der Waals surface area contributed by atoms with Crippen molar-refractivity contribution in [3.8, 4) is 0 Å². The minimum absolute atomic E-state index is 0.203. The van der Waals surface area contributed by atoms with Gasteiger partial charge in [0.2, 0.25) is 0 Å². The molecule has 1 aromatic heterocycles. The zero-order chi connectivity index (χ0) is 21.3. The Hall–Kier alpha value is -3.48. The SMILES string of the molecule is Cc1ccc(NC(=O)N2CCc3nc(Cc4cccc(F)c4)[nH]c(=O)c3C2)c(C)c1. The van der Waals surface area contributed by atoms with E-state index in [0.717, 1.165) is 22.4 Å². The number of H-pyrrole nitrogens is 1. The van der Waals surface area contributed by atoms with Crippen LogP contribution in [0.5, 0.6) is 0 Å². The second-order valence-electron chi connectivity index (χ2n) is 7.66. The molecule has 4 rings (SSSR count). The summed E-state index contributed by atoms with van der Waals surface area (Å²) in [4.78, 5) is 34.3. The van der Waals surface area contributed by atoms with Crippen molar-refractivity contribution in [1.29, 1.82) is 0 Å². The van der Waals surface area contributed by atoms with Gasteiger partial charge < -0.3 is 15.2 Å². The van der Waals surface area contributed by atoms with Gasteiger partial charge in [-0.05, 0) is 43.2 Å². The Balaban J connectivity index is 1.49. The van der Waals surface area contributed by atoms with Crippen LogP contribution < -0.4 is 10.9 Å². The third kappa shape index (κ3) is 4.25. The number of carbonyl (C=O) groups excluding carboxylic acids is 1. The number of urea groups is 1. The molecule has 0 atom stereocenters. The van der Waals surface area contributed by atoms with Gasteiger partial charge in [-0.25, -0.2) is 14.2 Å². The zero-order valence-corrected chi connectivity index (χ0v) is 17.0. The molecule has 0 saturated heterocycles. The summed E-state index contributed by atoms with van der Waals surface area (Å²) in [5.41, 5.74) is 4.56. The molecule has 7 heteroatoms. The molecule has 6 nitrogen and oxygen atoms in total. The predicted octanol–water partition coefficient (Wildman–Crippen LogP) is 3.71. The van der Waals surface area contributed by atoms with E-state index in [4.69, 9.17) is 0 Å². The minimum atomic E-state index is -0.321. The van der Waals surface area contributed by atoms with Crippen molar-refractivity contribution >= 4 is 11.7 Å². The van der Waals surface area contributed by atoms with Crippen LogP contribution in [0.1, 0.15) is 33.8 Å². The molecule has 1 aliphatic heterocycles. The van der Waals surface area contributed by atoms with Crippen LogP contribution in [0.15, 0.2) is 47.3 Å². The van der Waals surface area contributed by atoms with Crippen LogP contribution >= 0.6 is 0 Å². The topological polar surface area (TPSA) is 78.1 Å². The fourth-order valence-corrected chi connectivity index (χ4v) is 3.72. The molecule has 1 aliphatic rings. The molecular weight excluding hydrogens is 383 g/mol. The number of hydrogen-bond donors (Lipinski definition) is 2. The largest absolute Gasteiger partial charge is 0.322 e. The van der Waals surface area contributed by atoms with Crippen molar-refractivity contribution in [3.05, 3.63) is 92.4 Å². The molecule has 2 heterocycles. The second kappa shape index (κ2) is 8.10. The average Bonchev–Trinajstić information content (AvgIpc) is 2.70. The first-order chi connectivity index (χ1) is 14.4. The number of nitrogens with one attached hydrogen (secondary N) is 2. The fourth-order valence-electron chi connectivity index (χ4n) is 3.72. The van der Waals surface area contributed by atoms with Crippen LogP contribution in [0.4, 0.5) is 14.9 Å². The van der Waals surface area contributed by atoms with Gasteiger partial charge in [0.25, 0.3) is 5.56 Å². The van der Waals surface area contributed by atoms with Crippen molar-refractivity contribution in [2.75, 3.05) is 11.9 Å². The van der Waals surface area contributed by atoms with Crippen LogP contribution in [-0.2, 0) is 19.4 Å². The Labute approximate surface area is 173 Å².